The largest absolute Gasteiger partial charge is 0.320 e. The minimum atomic E-state index is -0.770. The van der Waals surface area contributed by atoms with Gasteiger partial charge in [-0.05, 0) is 27.7 Å². The average molecular weight is 335 g/mol. The van der Waals surface area contributed by atoms with E-state index in [9.17, 15) is 25.0 Å². The molecular formula is C9H9N3O5S3. The first kappa shape index (κ1) is 16.8. The van der Waals surface area contributed by atoms with E-state index >= 15 is 0 Å². The minimum Gasteiger partial charge on any atom is -0.320 e. The lowest BCUT2D eigenvalue weighted by Crippen LogP contribution is -2.29. The van der Waals surface area contributed by atoms with Crippen molar-refractivity contribution in [2.75, 3.05) is 5.75 Å². The van der Waals surface area contributed by atoms with Gasteiger partial charge in [-0.3, -0.25) is 25.0 Å². The number of nitro groups is 2. The summed E-state index contributed by atoms with van der Waals surface area (Å²) in [7, 11) is 1.57. The highest BCUT2D eigenvalue weighted by molar-refractivity contribution is 8.82. The molecule has 1 atom stereocenters. The number of non-ortho nitro benzene ring substituents is 1. The van der Waals surface area contributed by atoms with Gasteiger partial charge < -0.3 is 5.73 Å². The number of carbonyl (C=O) groups is 1. The number of hydrogen-bond donors (Lipinski definition) is 2. The lowest BCUT2D eigenvalue weighted by molar-refractivity contribution is -0.396. The molecule has 2 N–H and O–H groups in total. The van der Waals surface area contributed by atoms with E-state index < -0.39 is 21.6 Å². The Morgan fingerprint density at radius 1 is 1.35 bits per heavy atom. The summed E-state index contributed by atoms with van der Waals surface area (Å²) in [5.74, 6) is 0.161. The quantitative estimate of drug-likeness (QED) is 0.349. The third-order valence-electron chi connectivity index (χ3n) is 2.06. The van der Waals surface area contributed by atoms with Crippen LogP contribution in [0, 0.1) is 20.2 Å². The number of rotatable bonds is 6. The van der Waals surface area contributed by atoms with Crippen LogP contribution in [-0.4, -0.2) is 26.8 Å². The van der Waals surface area contributed by atoms with E-state index in [0.29, 0.717) is 0 Å². The molecule has 1 rings (SSSR count). The first-order valence-electron chi connectivity index (χ1n) is 5.04. The van der Waals surface area contributed by atoms with Gasteiger partial charge in [0.1, 0.15) is 0 Å². The molecule has 0 aliphatic rings. The molecule has 0 aliphatic heterocycles. The lowest BCUT2D eigenvalue weighted by Gasteiger charge is -2.05. The molecule has 0 saturated heterocycles. The van der Waals surface area contributed by atoms with Crippen LogP contribution in [0.5, 0.6) is 0 Å². The molecule has 0 saturated carbocycles. The zero-order valence-electron chi connectivity index (χ0n) is 9.79. The average Bonchev–Trinajstić information content (AvgIpc) is 2.43. The Morgan fingerprint density at radius 2 is 2.00 bits per heavy atom. The highest BCUT2D eigenvalue weighted by Crippen LogP contribution is 2.39. The van der Waals surface area contributed by atoms with Crippen LogP contribution >= 0.6 is 34.2 Å². The Bertz CT molecular complexity index is 554. The fourth-order valence-electron chi connectivity index (χ4n) is 1.05. The van der Waals surface area contributed by atoms with Crippen molar-refractivity contribution < 1.29 is 14.6 Å². The van der Waals surface area contributed by atoms with Gasteiger partial charge in [0, 0.05) is 11.8 Å². The third-order valence-corrected chi connectivity index (χ3v) is 4.81. The van der Waals surface area contributed by atoms with Crippen LogP contribution < -0.4 is 5.73 Å². The van der Waals surface area contributed by atoms with Gasteiger partial charge in [0.15, 0.2) is 0 Å². The first-order valence-corrected chi connectivity index (χ1v) is 7.82. The molecule has 11 heteroatoms. The number of carbonyl (C=O) groups excluding carboxylic acids is 1. The zero-order chi connectivity index (χ0) is 15.3. The van der Waals surface area contributed by atoms with E-state index in [1.54, 1.807) is 0 Å². The second-order valence-electron chi connectivity index (χ2n) is 3.44. The molecule has 0 amide bonds. The number of hydrogen-bond acceptors (Lipinski definition) is 9. The van der Waals surface area contributed by atoms with E-state index in [1.807, 2.05) is 0 Å². The van der Waals surface area contributed by atoms with E-state index in [2.05, 4.69) is 12.6 Å². The molecule has 0 heterocycles. The maximum absolute atomic E-state index is 11.5. The number of nitrogens with two attached hydrogens (primary N) is 1. The van der Waals surface area contributed by atoms with Gasteiger partial charge in [0.05, 0.1) is 26.9 Å². The molecule has 20 heavy (non-hydrogen) atoms. The van der Waals surface area contributed by atoms with Crippen LogP contribution in [0.2, 0.25) is 0 Å². The molecule has 0 fully saturated rings. The normalized spacial score (nSPS) is 11.9. The van der Waals surface area contributed by atoms with Crippen molar-refractivity contribution in [3.05, 3.63) is 38.4 Å². The molecule has 1 unspecified atom stereocenters. The van der Waals surface area contributed by atoms with Crippen molar-refractivity contribution >= 4 is 50.7 Å². The molecule has 0 aliphatic carbocycles. The summed E-state index contributed by atoms with van der Waals surface area (Å²) in [4.78, 5) is 31.6. The Labute approximate surface area is 126 Å². The highest BCUT2D eigenvalue weighted by Gasteiger charge is 2.22. The summed E-state index contributed by atoms with van der Waals surface area (Å²) < 4.78 is 0. The van der Waals surface area contributed by atoms with Crippen molar-refractivity contribution in [2.24, 2.45) is 5.73 Å². The van der Waals surface area contributed by atoms with Crippen LogP contribution in [0.15, 0.2) is 23.1 Å². The molecule has 0 spiro atoms. The van der Waals surface area contributed by atoms with Crippen LogP contribution in [0.25, 0.3) is 0 Å². The standard InChI is InChI=1S/C9H9N3O5S3/c10-6(4-18)9(13)20-19-8-2-1-5(11(14)15)3-7(8)12(16)17/h1-3,6,18H,4,10H2. The summed E-state index contributed by atoms with van der Waals surface area (Å²) >= 11 is 3.87. The van der Waals surface area contributed by atoms with Crippen LogP contribution in [0.3, 0.4) is 0 Å². The molecule has 108 valence electrons. The van der Waals surface area contributed by atoms with Gasteiger partial charge in [-0.15, -0.1) is 0 Å². The highest BCUT2D eigenvalue weighted by atomic mass is 33.1. The maximum atomic E-state index is 11.5. The number of nitrogens with zero attached hydrogens (tertiary/aromatic N) is 2. The predicted molar refractivity (Wildman–Crippen MR) is 80.0 cm³/mol. The smallest absolute Gasteiger partial charge is 0.290 e. The third kappa shape index (κ3) is 4.37. The Balaban J connectivity index is 2.92. The number of benzene rings is 1. The van der Waals surface area contributed by atoms with Crippen molar-refractivity contribution in [3.8, 4) is 0 Å². The zero-order valence-corrected chi connectivity index (χ0v) is 12.3. The predicted octanol–water partition coefficient (Wildman–Crippen LogP) is 2.03. The Kier molecular flexibility index (Phi) is 6.26. The van der Waals surface area contributed by atoms with E-state index in [1.165, 1.54) is 6.07 Å². The second-order valence-corrected chi connectivity index (χ2v) is 5.98. The van der Waals surface area contributed by atoms with Crippen molar-refractivity contribution in [3.63, 3.8) is 0 Å². The van der Waals surface area contributed by atoms with Gasteiger partial charge in [0.2, 0.25) is 5.12 Å². The van der Waals surface area contributed by atoms with Crippen molar-refractivity contribution in [1.82, 2.24) is 0 Å². The molecule has 0 bridgehead atoms. The fourth-order valence-corrected chi connectivity index (χ4v) is 3.37. The molecule has 0 radical (unpaired) electrons. The van der Waals surface area contributed by atoms with Crippen LogP contribution in [-0.2, 0) is 4.79 Å². The van der Waals surface area contributed by atoms with Crippen molar-refractivity contribution in [2.45, 2.75) is 10.9 Å². The number of thiol groups is 1. The minimum absolute atomic E-state index is 0.144. The molecule has 1 aromatic carbocycles. The Hall–Kier alpha value is -1.30. The maximum Gasteiger partial charge on any atom is 0.290 e. The fraction of sp³-hybridized carbons (Fsp3) is 0.222. The number of nitro benzene ring substituents is 2. The SMILES string of the molecule is NC(CS)C(=O)SSc1ccc([N+](=O)[O-])cc1[N+](=O)[O-]. The van der Waals surface area contributed by atoms with Gasteiger partial charge >= 0.3 is 0 Å². The first-order chi connectivity index (χ1) is 9.36. The monoisotopic (exact) mass is 335 g/mol. The summed E-state index contributed by atoms with van der Waals surface area (Å²) in [5, 5.41) is 21.1. The van der Waals surface area contributed by atoms with Gasteiger partial charge in [-0.1, -0.05) is 0 Å². The molecule has 0 aromatic heterocycles. The van der Waals surface area contributed by atoms with Gasteiger partial charge in [-0.2, -0.15) is 12.6 Å². The molecule has 1 aromatic rings. The Morgan fingerprint density at radius 3 is 2.50 bits per heavy atom. The summed E-state index contributed by atoms with van der Waals surface area (Å²) in [6.07, 6.45) is 0. The summed E-state index contributed by atoms with van der Waals surface area (Å²) in [6, 6.07) is 2.45. The van der Waals surface area contributed by atoms with Gasteiger partial charge in [0.25, 0.3) is 11.4 Å². The van der Waals surface area contributed by atoms with Crippen LogP contribution in [0.1, 0.15) is 0 Å². The van der Waals surface area contributed by atoms with E-state index in [-0.39, 0.29) is 21.5 Å². The van der Waals surface area contributed by atoms with Crippen molar-refractivity contribution in [1.29, 1.82) is 0 Å². The van der Waals surface area contributed by atoms with Gasteiger partial charge in [-0.25, -0.2) is 0 Å². The lowest BCUT2D eigenvalue weighted by atomic mass is 10.3. The van der Waals surface area contributed by atoms with Crippen LogP contribution in [0.4, 0.5) is 11.4 Å². The molecular weight excluding hydrogens is 326 g/mol. The second kappa shape index (κ2) is 7.47. The van der Waals surface area contributed by atoms with E-state index in [0.717, 1.165) is 33.7 Å². The topological polar surface area (TPSA) is 129 Å². The summed E-state index contributed by atoms with van der Waals surface area (Å²) in [6.45, 7) is 0. The van der Waals surface area contributed by atoms with E-state index in [4.69, 9.17) is 5.73 Å². The summed E-state index contributed by atoms with van der Waals surface area (Å²) in [5.41, 5.74) is 4.65. The molecule has 8 nitrogen and oxygen atoms in total.